The first kappa shape index (κ1) is 12.6. The first-order valence-corrected chi connectivity index (χ1v) is 6.75. The van der Waals surface area contributed by atoms with E-state index >= 15 is 0 Å². The number of hydrogen-bond donors (Lipinski definition) is 2. The zero-order valence-corrected chi connectivity index (χ0v) is 10.7. The van der Waals surface area contributed by atoms with Crippen LogP contribution in [0.2, 0.25) is 0 Å². The molecule has 2 heteroatoms. The summed E-state index contributed by atoms with van der Waals surface area (Å²) in [5.74, 6) is 0.857. The number of aliphatic hydroxyl groups excluding tert-OH is 1. The minimum atomic E-state index is 0.134. The lowest BCUT2D eigenvalue weighted by Gasteiger charge is -2.19. The summed E-state index contributed by atoms with van der Waals surface area (Å²) in [7, 11) is 0. The second kappa shape index (κ2) is 6.18. The van der Waals surface area contributed by atoms with E-state index in [1.165, 1.54) is 31.2 Å². The van der Waals surface area contributed by atoms with E-state index in [1.807, 2.05) is 12.1 Å². The minimum Gasteiger partial charge on any atom is -0.392 e. The maximum absolute atomic E-state index is 9.10. The van der Waals surface area contributed by atoms with Crippen molar-refractivity contribution < 1.29 is 5.11 Å². The summed E-state index contributed by atoms with van der Waals surface area (Å²) in [5, 5.41) is 12.8. The van der Waals surface area contributed by atoms with Gasteiger partial charge in [0.05, 0.1) is 6.61 Å². The largest absolute Gasteiger partial charge is 0.392 e. The van der Waals surface area contributed by atoms with Crippen LogP contribution in [-0.4, -0.2) is 11.1 Å². The Morgan fingerprint density at radius 2 is 2.12 bits per heavy atom. The van der Waals surface area contributed by atoms with Crippen molar-refractivity contribution in [3.63, 3.8) is 0 Å². The minimum absolute atomic E-state index is 0.134. The summed E-state index contributed by atoms with van der Waals surface area (Å²) in [6.07, 6.45) is 5.35. The molecule has 0 heterocycles. The lowest BCUT2D eigenvalue weighted by Crippen LogP contribution is -2.31. The second-order valence-electron chi connectivity index (χ2n) is 5.06. The molecule has 1 aliphatic carbocycles. The molecule has 1 saturated carbocycles. The number of aliphatic hydroxyl groups is 1. The predicted molar refractivity (Wildman–Crippen MR) is 70.6 cm³/mol. The highest BCUT2D eigenvalue weighted by atomic mass is 16.3. The van der Waals surface area contributed by atoms with Gasteiger partial charge in [0.25, 0.3) is 0 Å². The van der Waals surface area contributed by atoms with E-state index < -0.39 is 0 Å². The molecule has 0 saturated heterocycles. The van der Waals surface area contributed by atoms with Gasteiger partial charge in [-0.1, -0.05) is 44.0 Å². The molecule has 1 aromatic carbocycles. The van der Waals surface area contributed by atoms with Crippen molar-refractivity contribution in [3.05, 3.63) is 35.4 Å². The molecule has 0 spiro atoms. The Labute approximate surface area is 104 Å². The molecule has 94 valence electrons. The van der Waals surface area contributed by atoms with Gasteiger partial charge in [0, 0.05) is 12.6 Å². The fourth-order valence-electron chi connectivity index (χ4n) is 2.88. The second-order valence-corrected chi connectivity index (χ2v) is 5.06. The lowest BCUT2D eigenvalue weighted by molar-refractivity contribution is 0.281. The van der Waals surface area contributed by atoms with Crippen LogP contribution in [0.15, 0.2) is 24.3 Å². The van der Waals surface area contributed by atoms with Gasteiger partial charge in [0.15, 0.2) is 0 Å². The Balaban J connectivity index is 1.88. The van der Waals surface area contributed by atoms with Gasteiger partial charge < -0.3 is 10.4 Å². The first-order chi connectivity index (χ1) is 8.33. The molecule has 2 nitrogen and oxygen atoms in total. The molecule has 0 aliphatic heterocycles. The van der Waals surface area contributed by atoms with Crippen molar-refractivity contribution in [2.75, 3.05) is 0 Å². The Morgan fingerprint density at radius 1 is 1.29 bits per heavy atom. The van der Waals surface area contributed by atoms with Gasteiger partial charge in [0.2, 0.25) is 0 Å². The van der Waals surface area contributed by atoms with Crippen LogP contribution in [0.1, 0.15) is 43.7 Å². The monoisotopic (exact) mass is 233 g/mol. The summed E-state index contributed by atoms with van der Waals surface area (Å²) < 4.78 is 0. The van der Waals surface area contributed by atoms with Gasteiger partial charge in [-0.3, -0.25) is 0 Å². The fraction of sp³-hybridized carbons (Fsp3) is 0.600. The average Bonchev–Trinajstić information content (AvgIpc) is 2.84. The smallest absolute Gasteiger partial charge is 0.0681 e. The van der Waals surface area contributed by atoms with E-state index in [9.17, 15) is 0 Å². The summed E-state index contributed by atoms with van der Waals surface area (Å²) in [6, 6.07) is 8.89. The lowest BCUT2D eigenvalue weighted by atomic mass is 10.0. The Hall–Kier alpha value is -0.860. The van der Waals surface area contributed by atoms with E-state index in [0.717, 1.165) is 18.0 Å². The number of rotatable bonds is 5. The SMILES string of the molecule is CCC1CCCC1NCc1cccc(CO)c1. The molecule has 1 fully saturated rings. The molecular weight excluding hydrogens is 210 g/mol. The van der Waals surface area contributed by atoms with Crippen molar-refractivity contribution in [2.24, 2.45) is 5.92 Å². The van der Waals surface area contributed by atoms with Gasteiger partial charge in [-0.15, -0.1) is 0 Å². The van der Waals surface area contributed by atoms with Crippen molar-refractivity contribution in [3.8, 4) is 0 Å². The molecule has 2 rings (SSSR count). The topological polar surface area (TPSA) is 32.3 Å². The number of benzene rings is 1. The molecule has 2 unspecified atom stereocenters. The van der Waals surface area contributed by atoms with Crippen molar-refractivity contribution >= 4 is 0 Å². The molecule has 1 aromatic rings. The molecule has 17 heavy (non-hydrogen) atoms. The molecule has 2 N–H and O–H groups in total. The van der Waals surface area contributed by atoms with E-state index in [1.54, 1.807) is 0 Å². The molecule has 2 atom stereocenters. The van der Waals surface area contributed by atoms with Crippen LogP contribution in [-0.2, 0) is 13.2 Å². The van der Waals surface area contributed by atoms with Gasteiger partial charge in [-0.05, 0) is 29.9 Å². The molecular formula is C15H23NO. The Kier molecular flexibility index (Phi) is 4.57. The highest BCUT2D eigenvalue weighted by molar-refractivity contribution is 5.22. The number of nitrogens with one attached hydrogen (secondary N) is 1. The van der Waals surface area contributed by atoms with Gasteiger partial charge >= 0.3 is 0 Å². The molecule has 0 aromatic heterocycles. The van der Waals surface area contributed by atoms with E-state index in [4.69, 9.17) is 5.11 Å². The fourth-order valence-corrected chi connectivity index (χ4v) is 2.88. The van der Waals surface area contributed by atoms with E-state index in [2.05, 4.69) is 24.4 Å². The molecule has 1 aliphatic rings. The third-order valence-corrected chi connectivity index (χ3v) is 3.93. The summed E-state index contributed by atoms with van der Waals surface area (Å²) >= 11 is 0. The summed E-state index contributed by atoms with van der Waals surface area (Å²) in [5.41, 5.74) is 2.28. The van der Waals surface area contributed by atoms with E-state index in [0.29, 0.717) is 6.04 Å². The van der Waals surface area contributed by atoms with Crippen molar-refractivity contribution in [1.82, 2.24) is 5.32 Å². The van der Waals surface area contributed by atoms with Crippen molar-refractivity contribution in [2.45, 2.75) is 51.8 Å². The van der Waals surface area contributed by atoms with Crippen LogP contribution in [0, 0.1) is 5.92 Å². The highest BCUT2D eigenvalue weighted by Crippen LogP contribution is 2.28. The standard InChI is InChI=1S/C15H23NO/c1-2-14-7-4-8-15(14)16-10-12-5-3-6-13(9-12)11-17/h3,5-6,9,14-17H,2,4,7-8,10-11H2,1H3. The Bertz CT molecular complexity index is 351. The highest BCUT2D eigenvalue weighted by Gasteiger charge is 2.24. The average molecular weight is 233 g/mol. The van der Waals surface area contributed by atoms with Crippen LogP contribution >= 0.6 is 0 Å². The van der Waals surface area contributed by atoms with Crippen LogP contribution in [0.4, 0.5) is 0 Å². The zero-order chi connectivity index (χ0) is 12.1. The van der Waals surface area contributed by atoms with E-state index in [-0.39, 0.29) is 6.61 Å². The third kappa shape index (κ3) is 3.30. The van der Waals surface area contributed by atoms with Crippen molar-refractivity contribution in [1.29, 1.82) is 0 Å². The third-order valence-electron chi connectivity index (χ3n) is 3.93. The van der Waals surface area contributed by atoms with Crippen LogP contribution in [0.5, 0.6) is 0 Å². The van der Waals surface area contributed by atoms with Gasteiger partial charge in [0.1, 0.15) is 0 Å². The number of hydrogen-bond acceptors (Lipinski definition) is 2. The van der Waals surface area contributed by atoms with Gasteiger partial charge in [-0.2, -0.15) is 0 Å². The van der Waals surface area contributed by atoms with Crippen LogP contribution in [0.25, 0.3) is 0 Å². The summed E-state index contributed by atoms with van der Waals surface area (Å²) in [6.45, 7) is 3.35. The quantitative estimate of drug-likeness (QED) is 0.819. The zero-order valence-electron chi connectivity index (χ0n) is 10.7. The van der Waals surface area contributed by atoms with Gasteiger partial charge in [-0.25, -0.2) is 0 Å². The molecule has 0 amide bonds. The summed E-state index contributed by atoms with van der Waals surface area (Å²) in [4.78, 5) is 0. The maximum Gasteiger partial charge on any atom is 0.0681 e. The first-order valence-electron chi connectivity index (χ1n) is 6.75. The van der Waals surface area contributed by atoms with Crippen LogP contribution < -0.4 is 5.32 Å². The molecule has 0 radical (unpaired) electrons. The molecule has 0 bridgehead atoms. The maximum atomic E-state index is 9.10. The predicted octanol–water partition coefficient (Wildman–Crippen LogP) is 2.85. The normalized spacial score (nSPS) is 24.1. The Morgan fingerprint density at radius 3 is 2.88 bits per heavy atom. The van der Waals surface area contributed by atoms with Crippen LogP contribution in [0.3, 0.4) is 0 Å².